The van der Waals surface area contributed by atoms with E-state index in [0.29, 0.717) is 28.9 Å². The molecule has 0 aromatic heterocycles. The van der Waals surface area contributed by atoms with E-state index in [1.165, 1.54) is 47.2 Å². The normalized spacial score (nSPS) is 24.8. The topological polar surface area (TPSA) is 73.2 Å². The van der Waals surface area contributed by atoms with Crippen molar-refractivity contribution in [2.24, 2.45) is 11.8 Å². The van der Waals surface area contributed by atoms with Gasteiger partial charge < -0.3 is 28.6 Å². The van der Waals surface area contributed by atoms with Crippen molar-refractivity contribution < 1.29 is 23.7 Å². The van der Waals surface area contributed by atoms with Gasteiger partial charge in [0.05, 0.1) is 46.2 Å². The van der Waals surface area contributed by atoms with Gasteiger partial charge in [-0.2, -0.15) is 5.26 Å². The molecule has 3 fully saturated rings. The van der Waals surface area contributed by atoms with Gasteiger partial charge in [-0.05, 0) is 113 Å². The molecule has 5 aromatic carbocycles. The highest BCUT2D eigenvalue weighted by molar-refractivity contribution is 6.10. The fourth-order valence-corrected chi connectivity index (χ4v) is 10.6. The largest absolute Gasteiger partial charge is 0.497 e. The number of fused-ring (bicyclic) bond motifs is 13. The van der Waals surface area contributed by atoms with E-state index in [1.54, 1.807) is 21.3 Å². The second-order valence-electron chi connectivity index (χ2n) is 15.2. The monoisotopic (exact) mass is 702 g/mol. The summed E-state index contributed by atoms with van der Waals surface area (Å²) < 4.78 is 30.8. The van der Waals surface area contributed by atoms with E-state index in [4.69, 9.17) is 23.7 Å². The fraction of sp³-hybridized carbons (Fsp3) is 0.326. The number of hydrogen-bond donors (Lipinski definition) is 0. The molecule has 4 unspecified atom stereocenters. The van der Waals surface area contributed by atoms with E-state index in [2.05, 4.69) is 83.8 Å². The molecule has 0 radical (unpaired) electrons. The number of methoxy groups -OCH3 is 3. The number of anilines is 1. The summed E-state index contributed by atoms with van der Waals surface area (Å²) in [5.74, 6) is 4.12. The van der Waals surface area contributed by atoms with Crippen LogP contribution in [0.1, 0.15) is 59.1 Å². The molecule has 3 aliphatic carbocycles. The van der Waals surface area contributed by atoms with Crippen LogP contribution >= 0.6 is 0 Å². The third-order valence-corrected chi connectivity index (χ3v) is 12.9. The molecule has 5 aliphatic rings. The minimum Gasteiger partial charge on any atom is -0.497 e. The van der Waals surface area contributed by atoms with Gasteiger partial charge in [-0.3, -0.25) is 0 Å². The van der Waals surface area contributed by atoms with Crippen LogP contribution in [-0.2, 0) is 15.8 Å². The Balaban J connectivity index is 1.25. The molecule has 7 nitrogen and oxygen atoms in total. The van der Waals surface area contributed by atoms with Gasteiger partial charge in [-0.15, -0.1) is 0 Å². The predicted octanol–water partition coefficient (Wildman–Crippen LogP) is 9.01. The van der Waals surface area contributed by atoms with Crippen LogP contribution in [0.15, 0.2) is 84.9 Å². The Labute approximate surface area is 310 Å². The van der Waals surface area contributed by atoms with Crippen LogP contribution in [0, 0.1) is 23.2 Å². The maximum atomic E-state index is 10.1. The molecule has 2 saturated carbocycles. The van der Waals surface area contributed by atoms with Crippen LogP contribution in [0.25, 0.3) is 28.0 Å². The minimum absolute atomic E-state index is 0.195. The Bertz CT molecular complexity index is 2350. The number of ether oxygens (including phenoxy) is 5. The predicted molar refractivity (Wildman–Crippen MR) is 206 cm³/mol. The molecule has 10 rings (SSSR count). The maximum Gasteiger partial charge on any atom is 0.178 e. The number of benzene rings is 5. The standard InChI is InChI=1S/C46H42N2O5/c1-49-34-13-9-31(10-14-34)46(30-7-11-33(12-8-30)48-18-20-52-21-19-48)17-16-36-43-42(37-24-40(50-2)41(51-3)25-38(37)44(36)53-46)35-15-5-29(27-47)23-39(35)45(43)26-28-4-6-32(45)22-28/h5,7-17,23-25,28,32H,4,6,18-22,26H2,1-3H3. The SMILES string of the molecule is COc1ccc(C2(c3ccc(N4CCOCC4)cc3)C=Cc3c4c(c5cc(OC)c(OC)cc5c3O2)-c2ccc(C#N)cc2C42CC3CCC2C3)cc1. The van der Waals surface area contributed by atoms with Gasteiger partial charge in [0.2, 0.25) is 0 Å². The molecule has 1 saturated heterocycles. The fourth-order valence-electron chi connectivity index (χ4n) is 10.6. The molecule has 7 heteroatoms. The molecule has 4 atom stereocenters. The molecule has 266 valence electrons. The van der Waals surface area contributed by atoms with Crippen LogP contribution in [0.5, 0.6) is 23.0 Å². The zero-order valence-corrected chi connectivity index (χ0v) is 30.4. The molecule has 53 heavy (non-hydrogen) atoms. The average Bonchev–Trinajstić information content (AvgIpc) is 3.93. The van der Waals surface area contributed by atoms with Crippen molar-refractivity contribution in [2.45, 2.75) is 36.7 Å². The molecule has 1 spiro atoms. The van der Waals surface area contributed by atoms with Gasteiger partial charge in [0, 0.05) is 46.3 Å². The van der Waals surface area contributed by atoms with Gasteiger partial charge in [-0.1, -0.05) is 42.8 Å². The number of nitrogens with zero attached hydrogens (tertiary/aromatic N) is 2. The first-order chi connectivity index (χ1) is 26.0. The third-order valence-electron chi connectivity index (χ3n) is 12.9. The van der Waals surface area contributed by atoms with Crippen LogP contribution in [0.4, 0.5) is 5.69 Å². The maximum absolute atomic E-state index is 10.1. The second kappa shape index (κ2) is 12.0. The van der Waals surface area contributed by atoms with E-state index in [-0.39, 0.29) is 5.41 Å². The lowest BCUT2D eigenvalue weighted by Gasteiger charge is -2.41. The molecule has 2 bridgehead atoms. The lowest BCUT2D eigenvalue weighted by Crippen LogP contribution is -2.37. The summed E-state index contributed by atoms with van der Waals surface area (Å²) in [6.07, 6.45) is 9.34. The highest BCUT2D eigenvalue weighted by atomic mass is 16.5. The number of hydrogen-bond acceptors (Lipinski definition) is 7. The third kappa shape index (κ3) is 4.55. The second-order valence-corrected chi connectivity index (χ2v) is 15.2. The summed E-state index contributed by atoms with van der Waals surface area (Å²) in [7, 11) is 5.08. The van der Waals surface area contributed by atoms with Gasteiger partial charge in [0.1, 0.15) is 11.5 Å². The van der Waals surface area contributed by atoms with E-state index in [9.17, 15) is 5.26 Å². The van der Waals surface area contributed by atoms with Crippen molar-refractivity contribution in [2.75, 3.05) is 52.5 Å². The van der Waals surface area contributed by atoms with Gasteiger partial charge in [0.25, 0.3) is 0 Å². The van der Waals surface area contributed by atoms with E-state index in [0.717, 1.165) is 71.7 Å². The van der Waals surface area contributed by atoms with Crippen molar-refractivity contribution in [3.05, 3.63) is 118 Å². The summed E-state index contributed by atoms with van der Waals surface area (Å²) in [4.78, 5) is 2.38. The van der Waals surface area contributed by atoms with Crippen molar-refractivity contribution in [1.29, 1.82) is 5.26 Å². The highest BCUT2D eigenvalue weighted by Crippen LogP contribution is 2.69. The summed E-state index contributed by atoms with van der Waals surface area (Å²) in [6, 6.07) is 30.1. The van der Waals surface area contributed by atoms with E-state index >= 15 is 0 Å². The number of nitriles is 1. The minimum atomic E-state index is -0.932. The Hall–Kier alpha value is -5.45. The van der Waals surface area contributed by atoms with Crippen LogP contribution in [0.3, 0.4) is 0 Å². The van der Waals surface area contributed by atoms with Crippen molar-refractivity contribution >= 4 is 22.5 Å². The summed E-state index contributed by atoms with van der Waals surface area (Å²) >= 11 is 0. The quantitative estimate of drug-likeness (QED) is 0.175. The zero-order valence-electron chi connectivity index (χ0n) is 30.4. The Morgan fingerprint density at radius 2 is 1.53 bits per heavy atom. The van der Waals surface area contributed by atoms with Crippen molar-refractivity contribution in [3.8, 4) is 40.2 Å². The van der Waals surface area contributed by atoms with Gasteiger partial charge >= 0.3 is 0 Å². The molecule has 2 heterocycles. The molecule has 0 amide bonds. The summed E-state index contributed by atoms with van der Waals surface area (Å²) in [6.45, 7) is 3.21. The smallest absolute Gasteiger partial charge is 0.178 e. The van der Waals surface area contributed by atoms with E-state index in [1.807, 2.05) is 18.2 Å². The highest BCUT2D eigenvalue weighted by Gasteiger charge is 2.59. The average molecular weight is 703 g/mol. The Kier molecular flexibility index (Phi) is 7.32. The van der Waals surface area contributed by atoms with Crippen LogP contribution < -0.4 is 23.8 Å². The van der Waals surface area contributed by atoms with Gasteiger partial charge in [0.15, 0.2) is 17.1 Å². The first kappa shape index (κ1) is 32.2. The zero-order chi connectivity index (χ0) is 35.9. The van der Waals surface area contributed by atoms with Crippen LogP contribution in [0.2, 0.25) is 0 Å². The molecule has 0 N–H and O–H groups in total. The Morgan fingerprint density at radius 1 is 0.811 bits per heavy atom. The molecular formula is C46H42N2O5. The van der Waals surface area contributed by atoms with E-state index < -0.39 is 5.60 Å². The molecule has 5 aromatic rings. The van der Waals surface area contributed by atoms with Crippen molar-refractivity contribution in [1.82, 2.24) is 0 Å². The van der Waals surface area contributed by atoms with Crippen LogP contribution in [-0.4, -0.2) is 47.6 Å². The lowest BCUT2D eigenvalue weighted by atomic mass is 9.65. The lowest BCUT2D eigenvalue weighted by molar-refractivity contribution is 0.122. The summed E-state index contributed by atoms with van der Waals surface area (Å²) in [5.41, 5.74) is 9.00. The number of morpholine rings is 1. The number of rotatable bonds is 6. The molecule has 2 aliphatic heterocycles. The van der Waals surface area contributed by atoms with Gasteiger partial charge in [-0.25, -0.2) is 0 Å². The first-order valence-corrected chi connectivity index (χ1v) is 18.8. The summed E-state index contributed by atoms with van der Waals surface area (Å²) in [5, 5.41) is 12.2. The molecular weight excluding hydrogens is 661 g/mol. The van der Waals surface area contributed by atoms with Crippen molar-refractivity contribution in [3.63, 3.8) is 0 Å². The Morgan fingerprint density at radius 3 is 2.17 bits per heavy atom. The first-order valence-electron chi connectivity index (χ1n) is 18.8.